The molecule has 0 amide bonds. The molecule has 7 heteroatoms. The number of carboxylic acids is 1. The normalized spacial score (nSPS) is 18.8. The van der Waals surface area contributed by atoms with E-state index in [1.54, 1.807) is 30.5 Å². The maximum Gasteiger partial charge on any atom is 0.335 e. The fourth-order valence-corrected chi connectivity index (χ4v) is 2.86. The number of hydrogen-bond donors (Lipinski definition) is 1. The van der Waals surface area contributed by atoms with E-state index in [4.69, 9.17) is 19.3 Å². The molecule has 1 N–H and O–H groups in total. The molecule has 3 aromatic rings. The van der Waals surface area contributed by atoms with Crippen LogP contribution in [0.25, 0.3) is 0 Å². The average Bonchev–Trinajstić information content (AvgIpc) is 3.20. The first-order valence-corrected chi connectivity index (χ1v) is 8.59. The topological polar surface area (TPSA) is 77.9 Å². The summed E-state index contributed by atoms with van der Waals surface area (Å²) in [6.07, 6.45) is 0.555. The highest BCUT2D eigenvalue weighted by Crippen LogP contribution is 2.39. The first-order chi connectivity index (χ1) is 13.6. The van der Waals surface area contributed by atoms with E-state index in [9.17, 15) is 9.18 Å². The van der Waals surface area contributed by atoms with Crippen LogP contribution < -0.4 is 4.74 Å². The SMILES string of the molecule is O=C(O)c1ccc(C2CO[C@H](c3cccnc3Oc3ccc(F)cc3)O2)cc1. The van der Waals surface area contributed by atoms with Crippen LogP contribution in [0.4, 0.5) is 4.39 Å². The highest BCUT2D eigenvalue weighted by atomic mass is 19.1. The van der Waals surface area contributed by atoms with Crippen molar-refractivity contribution >= 4 is 5.97 Å². The van der Waals surface area contributed by atoms with E-state index < -0.39 is 12.3 Å². The van der Waals surface area contributed by atoms with Crippen LogP contribution in [0, 0.1) is 5.82 Å². The van der Waals surface area contributed by atoms with E-state index in [1.165, 1.54) is 36.4 Å². The molecule has 6 nitrogen and oxygen atoms in total. The summed E-state index contributed by atoms with van der Waals surface area (Å²) in [6.45, 7) is 0.308. The predicted molar refractivity (Wildman–Crippen MR) is 96.6 cm³/mol. The van der Waals surface area contributed by atoms with Crippen LogP contribution in [0.1, 0.15) is 33.9 Å². The summed E-state index contributed by atoms with van der Waals surface area (Å²) in [4.78, 5) is 15.2. The number of halogens is 1. The minimum absolute atomic E-state index is 0.210. The van der Waals surface area contributed by atoms with Crippen molar-refractivity contribution in [2.24, 2.45) is 0 Å². The van der Waals surface area contributed by atoms with Gasteiger partial charge in [0, 0.05) is 6.20 Å². The molecule has 2 atom stereocenters. The second kappa shape index (κ2) is 7.75. The number of nitrogens with zero attached hydrogens (tertiary/aromatic N) is 1. The lowest BCUT2D eigenvalue weighted by Crippen LogP contribution is -2.04. The molecule has 1 aliphatic rings. The van der Waals surface area contributed by atoms with Gasteiger partial charge < -0.3 is 19.3 Å². The fraction of sp³-hybridized carbons (Fsp3) is 0.143. The predicted octanol–water partition coefficient (Wildman–Crippen LogP) is 4.50. The monoisotopic (exact) mass is 381 g/mol. The van der Waals surface area contributed by atoms with Crippen LogP contribution >= 0.6 is 0 Å². The molecule has 4 rings (SSSR count). The van der Waals surface area contributed by atoms with E-state index in [-0.39, 0.29) is 17.5 Å². The lowest BCUT2D eigenvalue weighted by molar-refractivity contribution is -0.0620. The lowest BCUT2D eigenvalue weighted by Gasteiger charge is -2.15. The van der Waals surface area contributed by atoms with Crippen LogP contribution in [0.2, 0.25) is 0 Å². The Morgan fingerprint density at radius 1 is 1.11 bits per heavy atom. The van der Waals surface area contributed by atoms with Crippen molar-refractivity contribution in [1.82, 2.24) is 4.98 Å². The van der Waals surface area contributed by atoms with Gasteiger partial charge in [0.1, 0.15) is 17.7 Å². The number of pyridine rings is 1. The van der Waals surface area contributed by atoms with E-state index in [2.05, 4.69) is 4.98 Å². The van der Waals surface area contributed by atoms with Gasteiger partial charge >= 0.3 is 5.97 Å². The van der Waals surface area contributed by atoms with E-state index in [0.717, 1.165) is 5.56 Å². The van der Waals surface area contributed by atoms with Gasteiger partial charge in [-0.2, -0.15) is 0 Å². The number of carbonyl (C=O) groups is 1. The number of hydrogen-bond acceptors (Lipinski definition) is 5. The molecular weight excluding hydrogens is 365 g/mol. The molecule has 142 valence electrons. The first kappa shape index (κ1) is 18.1. The smallest absolute Gasteiger partial charge is 0.335 e. The minimum atomic E-state index is -0.981. The Hall–Kier alpha value is -3.29. The van der Waals surface area contributed by atoms with Gasteiger partial charge in [0.15, 0.2) is 6.29 Å². The van der Waals surface area contributed by atoms with Gasteiger partial charge in [-0.3, -0.25) is 0 Å². The summed E-state index contributed by atoms with van der Waals surface area (Å²) in [6, 6.07) is 15.6. The summed E-state index contributed by atoms with van der Waals surface area (Å²) in [5.74, 6) is -0.583. The molecule has 1 unspecified atom stereocenters. The van der Waals surface area contributed by atoms with Crippen LogP contribution in [-0.2, 0) is 9.47 Å². The van der Waals surface area contributed by atoms with Crippen molar-refractivity contribution < 1.29 is 28.5 Å². The Kier molecular flexibility index (Phi) is 5.01. The van der Waals surface area contributed by atoms with Gasteiger partial charge in [0.2, 0.25) is 5.88 Å². The molecule has 0 bridgehead atoms. The molecule has 2 heterocycles. The van der Waals surface area contributed by atoms with E-state index in [1.807, 2.05) is 0 Å². The number of benzene rings is 2. The summed E-state index contributed by atoms with van der Waals surface area (Å²) in [5, 5.41) is 9.00. The molecule has 1 fully saturated rings. The Morgan fingerprint density at radius 2 is 1.86 bits per heavy atom. The molecule has 0 spiro atoms. The summed E-state index contributed by atoms with van der Waals surface area (Å²) in [5.41, 5.74) is 1.63. The van der Waals surface area contributed by atoms with Crippen LogP contribution in [0.5, 0.6) is 11.6 Å². The molecule has 28 heavy (non-hydrogen) atoms. The van der Waals surface area contributed by atoms with Crippen molar-refractivity contribution in [2.75, 3.05) is 6.61 Å². The minimum Gasteiger partial charge on any atom is -0.478 e. The van der Waals surface area contributed by atoms with Gasteiger partial charge in [-0.25, -0.2) is 14.2 Å². The quantitative estimate of drug-likeness (QED) is 0.701. The van der Waals surface area contributed by atoms with Crippen molar-refractivity contribution in [1.29, 1.82) is 0 Å². The van der Waals surface area contributed by atoms with Crippen molar-refractivity contribution in [3.05, 3.63) is 89.4 Å². The fourth-order valence-electron chi connectivity index (χ4n) is 2.86. The first-order valence-electron chi connectivity index (χ1n) is 8.59. The Bertz CT molecular complexity index is 975. The molecule has 1 saturated heterocycles. The van der Waals surface area contributed by atoms with E-state index >= 15 is 0 Å². The maximum atomic E-state index is 13.1. The Morgan fingerprint density at radius 3 is 2.57 bits per heavy atom. The van der Waals surface area contributed by atoms with Gasteiger partial charge in [-0.15, -0.1) is 0 Å². The zero-order valence-corrected chi connectivity index (χ0v) is 14.6. The lowest BCUT2D eigenvalue weighted by atomic mass is 10.1. The third-order valence-electron chi connectivity index (χ3n) is 4.30. The third-order valence-corrected chi connectivity index (χ3v) is 4.30. The van der Waals surface area contributed by atoms with Crippen LogP contribution in [0.3, 0.4) is 0 Å². The van der Waals surface area contributed by atoms with Gasteiger partial charge in [0.25, 0.3) is 0 Å². The summed E-state index contributed by atoms with van der Waals surface area (Å²) >= 11 is 0. The van der Waals surface area contributed by atoms with Crippen molar-refractivity contribution in [2.45, 2.75) is 12.4 Å². The molecule has 1 aliphatic heterocycles. The molecule has 1 aromatic heterocycles. The molecular formula is C21H16FNO5. The van der Waals surface area contributed by atoms with Crippen LogP contribution in [0.15, 0.2) is 66.9 Å². The Labute approximate surface area is 160 Å². The van der Waals surface area contributed by atoms with Crippen molar-refractivity contribution in [3.8, 4) is 11.6 Å². The summed E-state index contributed by atoms with van der Waals surface area (Å²) in [7, 11) is 0. The largest absolute Gasteiger partial charge is 0.478 e. The van der Waals surface area contributed by atoms with Gasteiger partial charge in [-0.1, -0.05) is 12.1 Å². The highest BCUT2D eigenvalue weighted by Gasteiger charge is 2.31. The second-order valence-corrected chi connectivity index (χ2v) is 6.17. The Balaban J connectivity index is 1.51. The number of rotatable bonds is 5. The second-order valence-electron chi connectivity index (χ2n) is 6.17. The number of aromatic nitrogens is 1. The maximum absolute atomic E-state index is 13.1. The van der Waals surface area contributed by atoms with Crippen molar-refractivity contribution in [3.63, 3.8) is 0 Å². The van der Waals surface area contributed by atoms with Crippen LogP contribution in [-0.4, -0.2) is 22.7 Å². The zero-order chi connectivity index (χ0) is 19.5. The molecule has 0 radical (unpaired) electrons. The summed E-state index contributed by atoms with van der Waals surface area (Å²) < 4.78 is 30.6. The number of carboxylic acid groups (broad SMARTS) is 1. The third kappa shape index (κ3) is 3.85. The molecule has 0 aliphatic carbocycles. The average molecular weight is 381 g/mol. The highest BCUT2D eigenvalue weighted by molar-refractivity contribution is 5.87. The molecule has 2 aromatic carbocycles. The van der Waals surface area contributed by atoms with E-state index in [0.29, 0.717) is 23.8 Å². The van der Waals surface area contributed by atoms with Gasteiger partial charge in [-0.05, 0) is 54.1 Å². The zero-order valence-electron chi connectivity index (χ0n) is 14.6. The van der Waals surface area contributed by atoms with Gasteiger partial charge in [0.05, 0.1) is 17.7 Å². The number of ether oxygens (including phenoxy) is 3. The number of aromatic carboxylic acids is 1. The molecule has 0 saturated carbocycles. The standard InChI is InChI=1S/C21H16FNO5/c22-15-7-9-16(10-8-15)27-19-17(2-1-11-23-19)21-26-12-18(28-21)13-3-5-14(6-4-13)20(24)25/h1-11,18,21H,12H2,(H,24,25)/t18?,21-/m0/s1.